The van der Waals surface area contributed by atoms with E-state index in [1.165, 1.54) is 0 Å². The van der Waals surface area contributed by atoms with Gasteiger partial charge in [0.15, 0.2) is 5.78 Å². The van der Waals surface area contributed by atoms with Crippen LogP contribution >= 0.6 is 0 Å². The molecule has 5 heteroatoms. The van der Waals surface area contributed by atoms with Gasteiger partial charge in [-0.15, -0.1) is 0 Å². The van der Waals surface area contributed by atoms with Crippen molar-refractivity contribution in [1.29, 1.82) is 0 Å². The van der Waals surface area contributed by atoms with E-state index in [0.29, 0.717) is 18.9 Å². The lowest BCUT2D eigenvalue weighted by atomic mass is 9.89. The number of nitrogens with two attached hydrogens (primary N) is 1. The molecule has 0 spiro atoms. The lowest BCUT2D eigenvalue weighted by Crippen LogP contribution is -2.37. The van der Waals surface area contributed by atoms with Crippen LogP contribution in [0.5, 0.6) is 0 Å². The van der Waals surface area contributed by atoms with E-state index < -0.39 is 0 Å². The Labute approximate surface area is 173 Å². The zero-order valence-corrected chi connectivity index (χ0v) is 17.0. The highest BCUT2D eigenvalue weighted by atomic mass is 16.6. The van der Waals surface area contributed by atoms with Gasteiger partial charge in [0.25, 0.3) is 0 Å². The van der Waals surface area contributed by atoms with Gasteiger partial charge in [-0.2, -0.15) is 0 Å². The molecule has 0 aromatic heterocycles. The molecule has 0 unspecified atom stereocenters. The molecule has 2 aromatic carbocycles. The SMILES string of the molecule is NCCO/N=C(/CCCN1CCC(C(=O)c2ccccc2)CC1)c1ccccc1. The summed E-state index contributed by atoms with van der Waals surface area (Å²) in [6.07, 6.45) is 3.74. The number of carbonyl (C=O) groups excluding carboxylic acids is 1. The second-order valence-corrected chi connectivity index (χ2v) is 7.48. The summed E-state index contributed by atoms with van der Waals surface area (Å²) in [6, 6.07) is 19.8. The first-order valence-electron chi connectivity index (χ1n) is 10.5. The van der Waals surface area contributed by atoms with Gasteiger partial charge in [-0.05, 0) is 50.9 Å². The quantitative estimate of drug-likeness (QED) is 0.289. The maximum atomic E-state index is 12.6. The number of piperidine rings is 1. The fraction of sp³-hybridized carbons (Fsp3) is 0.417. The summed E-state index contributed by atoms with van der Waals surface area (Å²) in [5, 5.41) is 4.31. The average molecular weight is 394 g/mol. The van der Waals surface area contributed by atoms with E-state index in [0.717, 1.165) is 62.2 Å². The molecule has 29 heavy (non-hydrogen) atoms. The minimum absolute atomic E-state index is 0.153. The molecule has 0 amide bonds. The highest BCUT2D eigenvalue weighted by Crippen LogP contribution is 2.22. The van der Waals surface area contributed by atoms with Gasteiger partial charge >= 0.3 is 0 Å². The first-order chi connectivity index (χ1) is 14.3. The Morgan fingerprint density at radius 2 is 1.62 bits per heavy atom. The van der Waals surface area contributed by atoms with E-state index in [-0.39, 0.29) is 5.92 Å². The van der Waals surface area contributed by atoms with Crippen molar-refractivity contribution in [2.75, 3.05) is 32.8 Å². The molecule has 0 saturated carbocycles. The Morgan fingerprint density at radius 1 is 1.00 bits per heavy atom. The van der Waals surface area contributed by atoms with Crippen LogP contribution < -0.4 is 5.73 Å². The van der Waals surface area contributed by atoms with Gasteiger partial charge in [-0.1, -0.05) is 65.8 Å². The molecule has 154 valence electrons. The maximum Gasteiger partial charge on any atom is 0.166 e. The molecule has 1 fully saturated rings. The van der Waals surface area contributed by atoms with Crippen molar-refractivity contribution < 1.29 is 9.63 Å². The lowest BCUT2D eigenvalue weighted by Gasteiger charge is -2.31. The second-order valence-electron chi connectivity index (χ2n) is 7.48. The van der Waals surface area contributed by atoms with Crippen LogP contribution in [0.1, 0.15) is 41.6 Å². The summed E-state index contributed by atoms with van der Waals surface area (Å²) in [5.74, 6) is 0.445. The molecular weight excluding hydrogens is 362 g/mol. The Kier molecular flexibility index (Phi) is 8.40. The number of oxime groups is 1. The highest BCUT2D eigenvalue weighted by Gasteiger charge is 2.25. The Hall–Kier alpha value is -2.50. The van der Waals surface area contributed by atoms with Crippen LogP contribution in [0.15, 0.2) is 65.8 Å². The predicted molar refractivity (Wildman–Crippen MR) is 117 cm³/mol. The molecule has 5 nitrogen and oxygen atoms in total. The molecule has 1 aliphatic heterocycles. The first-order valence-corrected chi connectivity index (χ1v) is 10.5. The maximum absolute atomic E-state index is 12.6. The zero-order valence-electron chi connectivity index (χ0n) is 17.0. The van der Waals surface area contributed by atoms with Crippen molar-refractivity contribution in [3.05, 3.63) is 71.8 Å². The van der Waals surface area contributed by atoms with Crippen molar-refractivity contribution in [3.8, 4) is 0 Å². The van der Waals surface area contributed by atoms with Crippen LogP contribution in [0.3, 0.4) is 0 Å². The summed E-state index contributed by atoms with van der Waals surface area (Å²) in [6.45, 7) is 3.85. The molecule has 2 N–H and O–H groups in total. The number of Topliss-reactive ketones (excluding diaryl/α,β-unsaturated/α-hetero) is 1. The van der Waals surface area contributed by atoms with Gasteiger partial charge in [-0.25, -0.2) is 0 Å². The number of likely N-dealkylation sites (tertiary alicyclic amines) is 1. The Bertz CT molecular complexity index is 769. The number of hydrogen-bond acceptors (Lipinski definition) is 5. The molecule has 1 aliphatic rings. The number of carbonyl (C=O) groups is 1. The fourth-order valence-corrected chi connectivity index (χ4v) is 3.78. The minimum atomic E-state index is 0.153. The smallest absolute Gasteiger partial charge is 0.166 e. The van der Waals surface area contributed by atoms with Gasteiger partial charge in [0.2, 0.25) is 0 Å². The monoisotopic (exact) mass is 393 g/mol. The number of benzene rings is 2. The van der Waals surface area contributed by atoms with Gasteiger partial charge in [0, 0.05) is 18.0 Å². The number of ketones is 1. The van der Waals surface area contributed by atoms with Crippen LogP contribution in [0.25, 0.3) is 0 Å². The molecule has 0 atom stereocenters. The molecular formula is C24H31N3O2. The van der Waals surface area contributed by atoms with E-state index in [2.05, 4.69) is 22.2 Å². The molecule has 0 bridgehead atoms. The molecule has 1 heterocycles. The zero-order chi connectivity index (χ0) is 20.3. The third-order valence-corrected chi connectivity index (χ3v) is 5.40. The van der Waals surface area contributed by atoms with Crippen LogP contribution in [-0.4, -0.2) is 49.2 Å². The minimum Gasteiger partial charge on any atom is -0.394 e. The molecule has 2 aromatic rings. The Balaban J connectivity index is 1.45. The van der Waals surface area contributed by atoms with Gasteiger partial charge in [-0.3, -0.25) is 4.79 Å². The van der Waals surface area contributed by atoms with Gasteiger partial charge in [0.1, 0.15) is 6.61 Å². The molecule has 1 saturated heterocycles. The summed E-state index contributed by atoms with van der Waals surface area (Å²) in [4.78, 5) is 20.4. The van der Waals surface area contributed by atoms with E-state index in [9.17, 15) is 4.79 Å². The Morgan fingerprint density at radius 3 is 2.24 bits per heavy atom. The largest absolute Gasteiger partial charge is 0.394 e. The first kappa shape index (κ1) is 21.2. The number of rotatable bonds is 10. The van der Waals surface area contributed by atoms with Crippen LogP contribution in [-0.2, 0) is 4.84 Å². The topological polar surface area (TPSA) is 67.9 Å². The third-order valence-electron chi connectivity index (χ3n) is 5.40. The lowest BCUT2D eigenvalue weighted by molar-refractivity contribution is 0.0839. The van der Waals surface area contributed by atoms with Crippen molar-refractivity contribution in [2.45, 2.75) is 25.7 Å². The van der Waals surface area contributed by atoms with E-state index >= 15 is 0 Å². The molecule has 0 aliphatic carbocycles. The van der Waals surface area contributed by atoms with E-state index in [4.69, 9.17) is 10.6 Å². The van der Waals surface area contributed by atoms with Crippen molar-refractivity contribution in [2.24, 2.45) is 16.8 Å². The van der Waals surface area contributed by atoms with E-state index in [1.54, 1.807) is 0 Å². The fourth-order valence-electron chi connectivity index (χ4n) is 3.78. The third kappa shape index (κ3) is 6.51. The van der Waals surface area contributed by atoms with Crippen LogP contribution in [0, 0.1) is 5.92 Å². The number of nitrogens with zero attached hydrogens (tertiary/aromatic N) is 2. The van der Waals surface area contributed by atoms with Crippen LogP contribution in [0.4, 0.5) is 0 Å². The van der Waals surface area contributed by atoms with Crippen molar-refractivity contribution in [3.63, 3.8) is 0 Å². The van der Waals surface area contributed by atoms with Crippen molar-refractivity contribution in [1.82, 2.24) is 4.90 Å². The predicted octanol–water partition coefficient (Wildman–Crippen LogP) is 3.74. The second kappa shape index (κ2) is 11.5. The summed E-state index contributed by atoms with van der Waals surface area (Å²) in [5.41, 5.74) is 8.40. The van der Waals surface area contributed by atoms with Gasteiger partial charge < -0.3 is 15.5 Å². The summed E-state index contributed by atoms with van der Waals surface area (Å²) >= 11 is 0. The normalized spacial score (nSPS) is 16.0. The summed E-state index contributed by atoms with van der Waals surface area (Å²) < 4.78 is 0. The van der Waals surface area contributed by atoms with Crippen molar-refractivity contribution >= 4 is 11.5 Å². The van der Waals surface area contributed by atoms with Gasteiger partial charge in [0.05, 0.1) is 5.71 Å². The molecule has 3 rings (SSSR count). The van der Waals surface area contributed by atoms with E-state index in [1.807, 2.05) is 48.5 Å². The highest BCUT2D eigenvalue weighted by molar-refractivity contribution is 6.00. The average Bonchev–Trinajstić information content (AvgIpc) is 2.79. The van der Waals surface area contributed by atoms with Crippen LogP contribution in [0.2, 0.25) is 0 Å². The molecule has 0 radical (unpaired) electrons. The summed E-state index contributed by atoms with van der Waals surface area (Å²) in [7, 11) is 0. The number of hydrogen-bond donors (Lipinski definition) is 1. The standard InChI is InChI=1S/C24H31N3O2/c25-15-19-29-26-23(20-8-3-1-4-9-20)12-7-16-27-17-13-22(14-18-27)24(28)21-10-5-2-6-11-21/h1-6,8-11,22H,7,12-19,25H2/b26-23-.